The van der Waals surface area contributed by atoms with Gasteiger partial charge in [-0.1, -0.05) is 0 Å². The molecule has 2 N–H and O–H groups in total. The van der Waals surface area contributed by atoms with Crippen molar-refractivity contribution in [3.05, 3.63) is 22.2 Å². The molecular weight excluding hydrogens is 360 g/mol. The summed E-state index contributed by atoms with van der Waals surface area (Å²) in [7, 11) is 1.51. The highest BCUT2D eigenvalue weighted by Crippen LogP contribution is 2.41. The second-order valence-electron chi connectivity index (χ2n) is 4.25. The minimum Gasteiger partial charge on any atom is -0.493 e. The van der Waals surface area contributed by atoms with Gasteiger partial charge in [-0.05, 0) is 33.6 Å². The van der Waals surface area contributed by atoms with E-state index in [1.807, 2.05) is 12.1 Å². The van der Waals surface area contributed by atoms with E-state index in [0.717, 1.165) is 5.56 Å². The highest BCUT2D eigenvalue weighted by Gasteiger charge is 2.31. The molecule has 8 heteroatoms. The molecule has 6 nitrogen and oxygen atoms in total. The van der Waals surface area contributed by atoms with Crippen LogP contribution in [-0.4, -0.2) is 36.6 Å². The minimum absolute atomic E-state index is 0.0776. The first-order chi connectivity index (χ1) is 10.1. The number of methoxy groups -OCH3 is 1. The molecular formula is C13H13BrN2O4S. The van der Waals surface area contributed by atoms with E-state index in [1.165, 1.54) is 18.9 Å². The molecule has 0 spiro atoms. The van der Waals surface area contributed by atoms with Crippen LogP contribution in [0.4, 0.5) is 0 Å². The van der Waals surface area contributed by atoms with Gasteiger partial charge < -0.3 is 14.6 Å². The molecule has 0 saturated carbocycles. The van der Waals surface area contributed by atoms with E-state index in [2.05, 4.69) is 21.2 Å². The number of carboxylic acids is 1. The third kappa shape index (κ3) is 3.61. The van der Waals surface area contributed by atoms with E-state index < -0.39 is 12.0 Å². The van der Waals surface area contributed by atoms with Crippen LogP contribution in [0.15, 0.2) is 16.6 Å². The number of carboxylic acid groups (broad SMARTS) is 1. The highest BCUT2D eigenvalue weighted by atomic mass is 79.9. The van der Waals surface area contributed by atoms with Crippen LogP contribution >= 0.6 is 27.7 Å². The number of aliphatic carboxylic acids is 1. The first kappa shape index (κ1) is 15.9. The maximum absolute atomic E-state index is 11.0. The van der Waals surface area contributed by atoms with E-state index in [9.17, 15) is 4.79 Å². The van der Waals surface area contributed by atoms with Gasteiger partial charge in [0.15, 0.2) is 18.1 Å². The Morgan fingerprint density at radius 1 is 1.67 bits per heavy atom. The lowest BCUT2D eigenvalue weighted by molar-refractivity contribution is -0.138. The van der Waals surface area contributed by atoms with E-state index in [0.29, 0.717) is 21.7 Å². The van der Waals surface area contributed by atoms with Crippen LogP contribution in [0, 0.1) is 11.3 Å². The standard InChI is InChI=1S/C13H13BrN2O4S/c1-19-10-5-7(4-8(14)11(10)20-3-2-15)12-16-9(6-21-12)13(17)18/h4-5,9,12,16H,3,6H2,1H3,(H,17,18)/t9-,12+/m0/s1. The molecule has 0 aliphatic carbocycles. The fraction of sp³-hybridized carbons (Fsp3) is 0.385. The number of hydrogen-bond donors (Lipinski definition) is 2. The zero-order chi connectivity index (χ0) is 15.4. The van der Waals surface area contributed by atoms with E-state index in [-0.39, 0.29) is 12.0 Å². The van der Waals surface area contributed by atoms with Crippen molar-refractivity contribution in [1.29, 1.82) is 5.26 Å². The second kappa shape index (κ2) is 7.02. The Labute approximate surface area is 134 Å². The average molecular weight is 373 g/mol. The quantitative estimate of drug-likeness (QED) is 0.817. The zero-order valence-corrected chi connectivity index (χ0v) is 13.5. The van der Waals surface area contributed by atoms with Crippen LogP contribution in [-0.2, 0) is 4.79 Å². The summed E-state index contributed by atoms with van der Waals surface area (Å²) in [5, 5.41) is 20.5. The Hall–Kier alpha value is -1.43. The fourth-order valence-electron chi connectivity index (χ4n) is 1.94. The number of thioether (sulfide) groups is 1. The Morgan fingerprint density at radius 2 is 2.43 bits per heavy atom. The van der Waals surface area contributed by atoms with Crippen molar-refractivity contribution < 1.29 is 19.4 Å². The summed E-state index contributed by atoms with van der Waals surface area (Å²) in [5.74, 6) is 0.605. The normalized spacial score (nSPS) is 20.8. The van der Waals surface area contributed by atoms with Gasteiger partial charge in [-0.25, -0.2) is 0 Å². The van der Waals surface area contributed by atoms with Crippen molar-refractivity contribution in [1.82, 2.24) is 5.32 Å². The maximum Gasteiger partial charge on any atom is 0.321 e. The van der Waals surface area contributed by atoms with Crippen LogP contribution in [0.25, 0.3) is 0 Å². The predicted octanol–water partition coefficient (Wildman–Crippen LogP) is 2.15. The molecule has 1 aliphatic heterocycles. The summed E-state index contributed by atoms with van der Waals surface area (Å²) in [5.41, 5.74) is 0.886. The van der Waals surface area contributed by atoms with E-state index in [4.69, 9.17) is 19.8 Å². The lowest BCUT2D eigenvalue weighted by Gasteiger charge is -2.16. The van der Waals surface area contributed by atoms with Crippen molar-refractivity contribution in [2.45, 2.75) is 11.4 Å². The number of ether oxygens (including phenoxy) is 2. The van der Waals surface area contributed by atoms with E-state index >= 15 is 0 Å². The Balaban J connectivity index is 2.24. The third-order valence-corrected chi connectivity index (χ3v) is 4.77. The molecule has 2 atom stereocenters. The molecule has 1 fully saturated rings. The van der Waals surface area contributed by atoms with Gasteiger partial charge in [0.05, 0.1) is 17.0 Å². The predicted molar refractivity (Wildman–Crippen MR) is 81.6 cm³/mol. The summed E-state index contributed by atoms with van der Waals surface area (Å²) in [4.78, 5) is 11.0. The maximum atomic E-state index is 11.0. The molecule has 0 radical (unpaired) electrons. The molecule has 0 amide bonds. The number of halogens is 1. The smallest absolute Gasteiger partial charge is 0.321 e. The molecule has 112 valence electrons. The van der Waals surface area contributed by atoms with Gasteiger partial charge >= 0.3 is 5.97 Å². The van der Waals surface area contributed by atoms with Crippen LogP contribution < -0.4 is 14.8 Å². The molecule has 1 heterocycles. The van der Waals surface area contributed by atoms with Crippen molar-refractivity contribution >= 4 is 33.7 Å². The van der Waals surface area contributed by atoms with Crippen LogP contribution in [0.5, 0.6) is 11.5 Å². The number of benzene rings is 1. The number of nitrogens with zero attached hydrogens (tertiary/aromatic N) is 1. The number of rotatable bonds is 5. The zero-order valence-electron chi connectivity index (χ0n) is 11.1. The average Bonchev–Trinajstić information content (AvgIpc) is 2.95. The molecule has 1 aromatic rings. The van der Waals surface area contributed by atoms with Crippen molar-refractivity contribution in [2.24, 2.45) is 0 Å². The monoisotopic (exact) mass is 372 g/mol. The lowest BCUT2D eigenvalue weighted by Crippen LogP contribution is -2.33. The topological polar surface area (TPSA) is 91.6 Å². The Bertz CT molecular complexity index is 590. The molecule has 0 unspecified atom stereocenters. The molecule has 1 aromatic carbocycles. The van der Waals surface area contributed by atoms with Gasteiger partial charge in [-0.3, -0.25) is 10.1 Å². The second-order valence-corrected chi connectivity index (χ2v) is 6.24. The van der Waals surface area contributed by atoms with Gasteiger partial charge in [0.25, 0.3) is 0 Å². The molecule has 1 saturated heterocycles. The largest absolute Gasteiger partial charge is 0.493 e. The number of nitriles is 1. The Kier molecular flexibility index (Phi) is 5.33. The van der Waals surface area contributed by atoms with E-state index in [1.54, 1.807) is 6.07 Å². The van der Waals surface area contributed by atoms with Crippen LogP contribution in [0.2, 0.25) is 0 Å². The van der Waals surface area contributed by atoms with Crippen LogP contribution in [0.3, 0.4) is 0 Å². The molecule has 0 bridgehead atoms. The molecule has 2 rings (SSSR count). The van der Waals surface area contributed by atoms with Gasteiger partial charge in [-0.15, -0.1) is 11.8 Å². The summed E-state index contributed by atoms with van der Waals surface area (Å²) in [6.45, 7) is -0.0776. The van der Waals surface area contributed by atoms with Crippen molar-refractivity contribution in [2.75, 3.05) is 19.5 Å². The fourth-order valence-corrected chi connectivity index (χ4v) is 3.73. The SMILES string of the molecule is COc1cc([C@@H]2N[C@H](C(=O)O)CS2)cc(Br)c1OCC#N. The van der Waals surface area contributed by atoms with Gasteiger partial charge in [0, 0.05) is 5.75 Å². The van der Waals surface area contributed by atoms with Crippen molar-refractivity contribution in [3.63, 3.8) is 0 Å². The molecule has 21 heavy (non-hydrogen) atoms. The highest BCUT2D eigenvalue weighted by molar-refractivity contribution is 9.10. The first-order valence-electron chi connectivity index (χ1n) is 6.04. The summed E-state index contributed by atoms with van der Waals surface area (Å²) in [6, 6.07) is 4.97. The molecule has 1 aliphatic rings. The number of nitrogens with one attached hydrogen (secondary N) is 1. The summed E-state index contributed by atoms with van der Waals surface area (Å²) < 4.78 is 11.3. The number of hydrogen-bond acceptors (Lipinski definition) is 6. The van der Waals surface area contributed by atoms with Gasteiger partial charge in [0.2, 0.25) is 0 Å². The van der Waals surface area contributed by atoms with Gasteiger partial charge in [0.1, 0.15) is 12.1 Å². The van der Waals surface area contributed by atoms with Crippen LogP contribution in [0.1, 0.15) is 10.9 Å². The third-order valence-electron chi connectivity index (χ3n) is 2.92. The summed E-state index contributed by atoms with van der Waals surface area (Å²) in [6.07, 6.45) is 0. The van der Waals surface area contributed by atoms with Crippen molar-refractivity contribution in [3.8, 4) is 17.6 Å². The number of carbonyl (C=O) groups is 1. The minimum atomic E-state index is -0.856. The first-order valence-corrected chi connectivity index (χ1v) is 7.88. The Morgan fingerprint density at radius 3 is 3.00 bits per heavy atom. The molecule has 0 aromatic heterocycles. The summed E-state index contributed by atoms with van der Waals surface area (Å²) >= 11 is 4.91. The van der Waals surface area contributed by atoms with Gasteiger partial charge in [-0.2, -0.15) is 5.26 Å². The lowest BCUT2D eigenvalue weighted by atomic mass is 10.2.